The molecule has 1 aromatic heterocycles. The van der Waals surface area contributed by atoms with Gasteiger partial charge in [-0.3, -0.25) is 14.5 Å². The van der Waals surface area contributed by atoms with Crippen molar-refractivity contribution in [3.63, 3.8) is 0 Å². The summed E-state index contributed by atoms with van der Waals surface area (Å²) in [5.74, 6) is -0.299. The lowest BCUT2D eigenvalue weighted by atomic mass is 10.4. The van der Waals surface area contributed by atoms with Gasteiger partial charge in [0.25, 0.3) is 0 Å². The van der Waals surface area contributed by atoms with Crippen molar-refractivity contribution in [1.82, 2.24) is 15.1 Å². The Morgan fingerprint density at radius 1 is 1.29 bits per heavy atom. The first-order chi connectivity index (χ1) is 6.66. The number of amides is 2. The Morgan fingerprint density at radius 3 is 2.43 bits per heavy atom. The fourth-order valence-electron chi connectivity index (χ4n) is 1.26. The normalized spacial score (nSPS) is 16.7. The van der Waals surface area contributed by atoms with E-state index in [1.165, 1.54) is 16.2 Å². The number of anilines is 1. The Labute approximate surface area is 83.7 Å². The molecule has 2 rings (SSSR count). The molecule has 1 aliphatic rings. The number of nitrogen functional groups attached to an aromatic ring is 1. The molecule has 1 aliphatic heterocycles. The van der Waals surface area contributed by atoms with E-state index in [1.807, 2.05) is 0 Å². The molecule has 2 amide bonds. The van der Waals surface area contributed by atoms with E-state index in [1.54, 1.807) is 0 Å². The molecule has 0 aromatic carbocycles. The zero-order valence-electron chi connectivity index (χ0n) is 7.27. The van der Waals surface area contributed by atoms with Gasteiger partial charge in [0.2, 0.25) is 16.9 Å². The number of imide groups is 1. The maximum atomic E-state index is 11.2. The van der Waals surface area contributed by atoms with Crippen LogP contribution < -0.4 is 5.73 Å². The molecular formula is C7H8N4O2S. The third-order valence-corrected chi connectivity index (χ3v) is 2.67. The molecule has 0 bridgehead atoms. The van der Waals surface area contributed by atoms with Gasteiger partial charge in [-0.15, -0.1) is 10.2 Å². The third kappa shape index (κ3) is 1.58. The van der Waals surface area contributed by atoms with Crippen LogP contribution in [0, 0.1) is 0 Å². The molecule has 6 nitrogen and oxygen atoms in total. The second-order valence-corrected chi connectivity index (χ2v) is 4.00. The largest absolute Gasteiger partial charge is 0.374 e. The van der Waals surface area contributed by atoms with Gasteiger partial charge in [-0.25, -0.2) is 0 Å². The van der Waals surface area contributed by atoms with Crippen LogP contribution in [0.15, 0.2) is 0 Å². The SMILES string of the molecule is Nc1nnc(CN2C(=O)CCC2=O)s1. The number of carbonyl (C=O) groups excluding carboxylic acids is 2. The molecule has 0 radical (unpaired) electrons. The van der Waals surface area contributed by atoms with Crippen molar-refractivity contribution in [2.75, 3.05) is 5.73 Å². The predicted octanol–water partition coefficient (Wildman–Crippen LogP) is -0.231. The summed E-state index contributed by atoms with van der Waals surface area (Å²) >= 11 is 1.19. The highest BCUT2D eigenvalue weighted by Crippen LogP contribution is 2.18. The maximum absolute atomic E-state index is 11.2. The second-order valence-electron chi connectivity index (χ2n) is 2.91. The van der Waals surface area contributed by atoms with Crippen molar-refractivity contribution in [1.29, 1.82) is 0 Å². The van der Waals surface area contributed by atoms with E-state index in [4.69, 9.17) is 5.73 Å². The fraction of sp³-hybridized carbons (Fsp3) is 0.429. The summed E-state index contributed by atoms with van der Waals surface area (Å²) in [6.45, 7) is 0.201. The van der Waals surface area contributed by atoms with Crippen molar-refractivity contribution < 1.29 is 9.59 Å². The van der Waals surface area contributed by atoms with Gasteiger partial charge in [-0.05, 0) is 0 Å². The summed E-state index contributed by atoms with van der Waals surface area (Å²) in [5, 5.41) is 8.29. The topological polar surface area (TPSA) is 89.2 Å². The van der Waals surface area contributed by atoms with Gasteiger partial charge < -0.3 is 5.73 Å². The van der Waals surface area contributed by atoms with Crippen molar-refractivity contribution in [3.05, 3.63) is 5.01 Å². The van der Waals surface area contributed by atoms with Gasteiger partial charge in [-0.2, -0.15) is 0 Å². The van der Waals surface area contributed by atoms with Crippen molar-refractivity contribution in [2.45, 2.75) is 19.4 Å². The molecule has 2 heterocycles. The lowest BCUT2D eigenvalue weighted by molar-refractivity contribution is -0.139. The van der Waals surface area contributed by atoms with Crippen molar-refractivity contribution in [3.8, 4) is 0 Å². The molecule has 14 heavy (non-hydrogen) atoms. The zero-order valence-corrected chi connectivity index (χ0v) is 8.08. The molecule has 7 heteroatoms. The summed E-state index contributed by atoms with van der Waals surface area (Å²) in [6, 6.07) is 0. The zero-order chi connectivity index (χ0) is 10.1. The minimum absolute atomic E-state index is 0.149. The minimum atomic E-state index is -0.149. The molecule has 0 saturated carbocycles. The first-order valence-electron chi connectivity index (χ1n) is 4.08. The number of carbonyl (C=O) groups is 2. The number of nitrogens with zero attached hydrogens (tertiary/aromatic N) is 3. The molecule has 0 atom stereocenters. The molecule has 0 spiro atoms. The third-order valence-electron chi connectivity index (χ3n) is 1.93. The van der Waals surface area contributed by atoms with Crippen LogP contribution in [0.5, 0.6) is 0 Å². The minimum Gasteiger partial charge on any atom is -0.374 e. The second kappa shape index (κ2) is 3.33. The number of aromatic nitrogens is 2. The highest BCUT2D eigenvalue weighted by molar-refractivity contribution is 7.15. The smallest absolute Gasteiger partial charge is 0.230 e. The maximum Gasteiger partial charge on any atom is 0.230 e. The Morgan fingerprint density at radius 2 is 1.93 bits per heavy atom. The van der Waals surface area contributed by atoms with Crippen LogP contribution in [0.4, 0.5) is 5.13 Å². The van der Waals surface area contributed by atoms with Crippen LogP contribution in [0.2, 0.25) is 0 Å². The first-order valence-corrected chi connectivity index (χ1v) is 4.89. The molecular weight excluding hydrogens is 204 g/mol. The molecule has 1 fully saturated rings. The fourth-order valence-corrected chi connectivity index (χ4v) is 1.86. The number of rotatable bonds is 2. The van der Waals surface area contributed by atoms with E-state index in [2.05, 4.69) is 10.2 Å². The number of likely N-dealkylation sites (tertiary alicyclic amines) is 1. The van der Waals surface area contributed by atoms with Crippen LogP contribution in [0.3, 0.4) is 0 Å². The highest BCUT2D eigenvalue weighted by Gasteiger charge is 2.29. The standard InChI is InChI=1S/C7H8N4O2S/c8-7-10-9-4(14-7)3-11-5(12)1-2-6(11)13/h1-3H2,(H2,8,10). The summed E-state index contributed by atoms with van der Waals surface area (Å²) in [5.41, 5.74) is 5.38. The van der Waals surface area contributed by atoms with E-state index in [-0.39, 0.29) is 18.4 Å². The van der Waals surface area contributed by atoms with Crippen molar-refractivity contribution >= 4 is 28.3 Å². The van der Waals surface area contributed by atoms with E-state index in [0.29, 0.717) is 23.0 Å². The highest BCUT2D eigenvalue weighted by atomic mass is 32.1. The molecule has 1 aromatic rings. The Hall–Kier alpha value is -1.50. The monoisotopic (exact) mass is 212 g/mol. The van der Waals surface area contributed by atoms with Crippen LogP contribution in [-0.4, -0.2) is 26.9 Å². The first kappa shape index (κ1) is 9.07. The Balaban J connectivity index is 2.10. The summed E-state index contributed by atoms with van der Waals surface area (Å²) in [7, 11) is 0. The summed E-state index contributed by atoms with van der Waals surface area (Å²) < 4.78 is 0. The van der Waals surface area contributed by atoms with Gasteiger partial charge in [-0.1, -0.05) is 11.3 Å². The van der Waals surface area contributed by atoms with Crippen LogP contribution >= 0.6 is 11.3 Å². The van der Waals surface area contributed by atoms with Crippen molar-refractivity contribution in [2.24, 2.45) is 0 Å². The van der Waals surface area contributed by atoms with E-state index >= 15 is 0 Å². The predicted molar refractivity (Wildman–Crippen MR) is 49.1 cm³/mol. The van der Waals surface area contributed by atoms with E-state index < -0.39 is 0 Å². The molecule has 74 valence electrons. The van der Waals surface area contributed by atoms with Crippen LogP contribution in [-0.2, 0) is 16.1 Å². The Kier molecular flexibility index (Phi) is 2.16. The quantitative estimate of drug-likeness (QED) is 0.684. The number of hydrogen-bond donors (Lipinski definition) is 1. The molecule has 0 unspecified atom stereocenters. The Bertz CT molecular complexity index is 373. The summed E-state index contributed by atoms with van der Waals surface area (Å²) in [6.07, 6.45) is 0.597. The van der Waals surface area contributed by atoms with Gasteiger partial charge in [0.05, 0.1) is 6.54 Å². The van der Waals surface area contributed by atoms with Crippen LogP contribution in [0.25, 0.3) is 0 Å². The lowest BCUT2D eigenvalue weighted by Crippen LogP contribution is -2.28. The van der Waals surface area contributed by atoms with Gasteiger partial charge in [0.1, 0.15) is 5.01 Å². The average Bonchev–Trinajstić information content (AvgIpc) is 2.67. The lowest BCUT2D eigenvalue weighted by Gasteiger charge is -2.10. The average molecular weight is 212 g/mol. The number of nitrogens with two attached hydrogens (primary N) is 1. The van der Waals surface area contributed by atoms with Crippen LogP contribution in [0.1, 0.15) is 17.8 Å². The molecule has 2 N–H and O–H groups in total. The van der Waals surface area contributed by atoms with E-state index in [9.17, 15) is 9.59 Å². The molecule has 1 saturated heterocycles. The van der Waals surface area contributed by atoms with E-state index in [0.717, 1.165) is 0 Å². The van der Waals surface area contributed by atoms with Gasteiger partial charge in [0.15, 0.2) is 0 Å². The van der Waals surface area contributed by atoms with Gasteiger partial charge in [0, 0.05) is 12.8 Å². The van der Waals surface area contributed by atoms with Gasteiger partial charge >= 0.3 is 0 Å². The number of hydrogen-bond acceptors (Lipinski definition) is 6. The summed E-state index contributed by atoms with van der Waals surface area (Å²) in [4.78, 5) is 23.6. The molecule has 0 aliphatic carbocycles.